The molecule has 11 heteroatoms. The summed E-state index contributed by atoms with van der Waals surface area (Å²) in [6.45, 7) is 0.619. The van der Waals surface area contributed by atoms with E-state index in [1.165, 1.54) is 6.42 Å². The third kappa shape index (κ3) is 9.47. The molecule has 1 spiro atoms. The van der Waals surface area contributed by atoms with Crippen molar-refractivity contribution in [3.8, 4) is 47.0 Å². The first-order valence-electron chi connectivity index (χ1n) is 23.2. The van der Waals surface area contributed by atoms with Crippen LogP contribution in [0.25, 0.3) is 0 Å². The van der Waals surface area contributed by atoms with Crippen LogP contribution in [0.2, 0.25) is 0 Å². The van der Waals surface area contributed by atoms with E-state index in [0.29, 0.717) is 67.5 Å². The lowest BCUT2D eigenvalue weighted by Crippen LogP contribution is -2.43. The number of nitrogens with zero attached hydrogens (tertiary/aromatic N) is 1. The number of fused-ring (bicyclic) bond motifs is 8. The topological polar surface area (TPSA) is 143 Å². The van der Waals surface area contributed by atoms with Crippen LogP contribution in [-0.2, 0) is 21.4 Å². The summed E-state index contributed by atoms with van der Waals surface area (Å²) < 4.78 is 25.4. The number of anilines is 1. The van der Waals surface area contributed by atoms with E-state index >= 15 is 0 Å². The number of carbonyl (C=O) groups is 1. The molecule has 11 nitrogen and oxygen atoms in total. The van der Waals surface area contributed by atoms with Crippen molar-refractivity contribution in [2.45, 2.75) is 145 Å². The van der Waals surface area contributed by atoms with Crippen LogP contribution in [-0.4, -0.2) is 67.7 Å². The molecule has 0 unspecified atom stereocenters. The lowest BCUT2D eigenvalue weighted by molar-refractivity contribution is -0.154. The lowest BCUT2D eigenvalue weighted by Gasteiger charge is -2.35. The van der Waals surface area contributed by atoms with Gasteiger partial charge in [-0.15, -0.1) is 0 Å². The summed E-state index contributed by atoms with van der Waals surface area (Å²) in [7, 11) is 5.23. The van der Waals surface area contributed by atoms with E-state index in [-0.39, 0.29) is 40.8 Å². The summed E-state index contributed by atoms with van der Waals surface area (Å²) in [6, 6.07) is 12.9. The normalized spacial score (nSPS) is 29.9. The average molecular weight is 847 g/mol. The highest BCUT2D eigenvalue weighted by atomic mass is 16.6. The van der Waals surface area contributed by atoms with Crippen molar-refractivity contribution in [1.29, 1.82) is 0 Å². The van der Waals surface area contributed by atoms with Gasteiger partial charge in [-0.1, -0.05) is 62.5 Å². The number of benzene rings is 2. The Balaban J connectivity index is 1.15. The van der Waals surface area contributed by atoms with Crippen LogP contribution < -0.4 is 30.2 Å². The number of ether oxygens (including phenoxy) is 4. The van der Waals surface area contributed by atoms with Gasteiger partial charge in [0.1, 0.15) is 11.7 Å². The van der Waals surface area contributed by atoms with Crippen LogP contribution in [0.5, 0.6) is 23.0 Å². The molecule has 332 valence electrons. The summed E-state index contributed by atoms with van der Waals surface area (Å²) in [5.74, 6) is 9.29. The minimum absolute atomic E-state index is 0.0500. The van der Waals surface area contributed by atoms with Crippen LogP contribution in [0.3, 0.4) is 0 Å². The van der Waals surface area contributed by atoms with Gasteiger partial charge >= 0.3 is 0 Å². The van der Waals surface area contributed by atoms with Crippen molar-refractivity contribution in [3.63, 3.8) is 0 Å². The number of aliphatic hydroxyl groups excluding tert-OH is 1. The highest BCUT2D eigenvalue weighted by molar-refractivity contribution is 5.97. The fourth-order valence-electron chi connectivity index (χ4n) is 11.9. The van der Waals surface area contributed by atoms with Crippen LogP contribution in [0.1, 0.15) is 127 Å². The van der Waals surface area contributed by atoms with Gasteiger partial charge in [-0.2, -0.15) is 0 Å². The number of rotatable bonds is 9. The zero-order chi connectivity index (χ0) is 43.2. The van der Waals surface area contributed by atoms with E-state index in [0.717, 1.165) is 94.6 Å². The maximum atomic E-state index is 14.8. The molecule has 5 N–H and O–H groups in total. The second kappa shape index (κ2) is 19.4. The quantitative estimate of drug-likeness (QED) is 0.124. The van der Waals surface area contributed by atoms with Crippen LogP contribution in [0, 0.1) is 47.2 Å². The molecule has 4 saturated carbocycles. The molecule has 0 radical (unpaired) electrons. The number of allylic oxidation sites excluding steroid dienone is 2. The predicted molar refractivity (Wildman–Crippen MR) is 241 cm³/mol. The Kier molecular flexibility index (Phi) is 13.7. The van der Waals surface area contributed by atoms with Crippen LogP contribution >= 0.6 is 0 Å². The van der Waals surface area contributed by atoms with Crippen molar-refractivity contribution in [2.75, 3.05) is 33.1 Å². The minimum atomic E-state index is -0.823. The average Bonchev–Trinajstić information content (AvgIpc) is 4.00. The molecule has 6 aliphatic rings. The molecular formula is C51H66N4O7. The molecule has 2 aliphatic heterocycles. The van der Waals surface area contributed by atoms with Gasteiger partial charge in [0, 0.05) is 44.3 Å². The summed E-state index contributed by atoms with van der Waals surface area (Å²) in [6.07, 6.45) is 23.0. The third-order valence-electron chi connectivity index (χ3n) is 15.1. The smallest absolute Gasteiger partial charge is 0.207 e. The summed E-state index contributed by atoms with van der Waals surface area (Å²) in [4.78, 5) is 19.3. The number of methoxy groups -OCH3 is 1. The number of carbonyl (C=O) groups excluding carboxylic acids is 1. The van der Waals surface area contributed by atoms with Crippen molar-refractivity contribution >= 4 is 17.4 Å². The van der Waals surface area contributed by atoms with E-state index < -0.39 is 17.3 Å². The minimum Gasteiger partial charge on any atom is -0.504 e. The fourth-order valence-corrected chi connectivity index (χ4v) is 11.9. The maximum absolute atomic E-state index is 14.8. The molecule has 2 aromatic carbocycles. The molecule has 2 heterocycles. The number of hydrogen-bond acceptors (Lipinski definition) is 9. The Morgan fingerprint density at radius 1 is 1.02 bits per heavy atom. The van der Waals surface area contributed by atoms with Gasteiger partial charge in [0.15, 0.2) is 29.3 Å². The molecule has 2 aromatic rings. The fraction of sp³-hybridized carbons (Fsp3) is 0.608. The van der Waals surface area contributed by atoms with Gasteiger partial charge in [-0.05, 0) is 136 Å². The van der Waals surface area contributed by atoms with Crippen molar-refractivity contribution in [1.82, 2.24) is 10.6 Å². The van der Waals surface area contributed by atoms with Crippen LogP contribution in [0.15, 0.2) is 47.5 Å². The van der Waals surface area contributed by atoms with Gasteiger partial charge in [0.25, 0.3) is 0 Å². The predicted octanol–water partition coefficient (Wildman–Crippen LogP) is 8.27. The number of hydrogen-bond donors (Lipinski definition) is 5. The van der Waals surface area contributed by atoms with Crippen molar-refractivity contribution in [3.05, 3.63) is 53.6 Å². The van der Waals surface area contributed by atoms with E-state index in [9.17, 15) is 15.0 Å². The number of aliphatic imine (C=N–C) groups is 1. The Morgan fingerprint density at radius 3 is 2.65 bits per heavy atom. The summed E-state index contributed by atoms with van der Waals surface area (Å²) in [5.41, 5.74) is 1.29. The summed E-state index contributed by atoms with van der Waals surface area (Å²) >= 11 is 0. The van der Waals surface area contributed by atoms with Gasteiger partial charge < -0.3 is 39.8 Å². The molecule has 6 atom stereocenters. The van der Waals surface area contributed by atoms with E-state index in [1.807, 2.05) is 25.3 Å². The molecule has 62 heavy (non-hydrogen) atoms. The van der Waals surface area contributed by atoms with E-state index in [4.69, 9.17) is 18.9 Å². The Bertz CT molecular complexity index is 2120. The molecular weight excluding hydrogens is 781 g/mol. The van der Waals surface area contributed by atoms with E-state index in [2.05, 4.69) is 63.1 Å². The van der Waals surface area contributed by atoms with Crippen molar-refractivity contribution < 1.29 is 34.0 Å². The highest BCUT2D eigenvalue weighted by Gasteiger charge is 2.49. The number of aliphatic hydroxyl groups is 1. The summed E-state index contributed by atoms with van der Waals surface area (Å²) in [5, 5.41) is 31.8. The SMILES string of the molecule is CN=C1NC#CC[C@@H]2CCC[C@@]2(Cc2ccc(O)c(OC)c2)C(=O)/C=C/CC2(CCCC2)c2cc(c3c(c2)O[C@]2(CNC)C[C@H](CC#CO3)[C@@H](C[C@H](O)OC3CCCCC3)C2)N1. The molecule has 4 aliphatic carbocycles. The first-order chi connectivity index (χ1) is 30.2. The van der Waals surface area contributed by atoms with Crippen LogP contribution in [0.4, 0.5) is 5.69 Å². The monoisotopic (exact) mass is 846 g/mol. The molecule has 0 aromatic heterocycles. The number of phenolic OH excluding ortho intramolecular Hbond substituents is 1. The van der Waals surface area contributed by atoms with Gasteiger partial charge in [-0.3, -0.25) is 15.1 Å². The first kappa shape index (κ1) is 43.9. The zero-order valence-electron chi connectivity index (χ0n) is 37.0. The number of aromatic hydroxyl groups is 1. The molecule has 0 saturated heterocycles. The molecule has 8 rings (SSSR count). The zero-order valence-corrected chi connectivity index (χ0v) is 37.0. The van der Waals surface area contributed by atoms with Gasteiger partial charge in [0.2, 0.25) is 11.7 Å². The Morgan fingerprint density at radius 2 is 1.85 bits per heavy atom. The number of nitrogens with one attached hydrogen (secondary N) is 3. The van der Waals surface area contributed by atoms with Gasteiger partial charge in [0.05, 0.1) is 18.9 Å². The Hall–Kier alpha value is -4.68. The Labute approximate surface area is 368 Å². The van der Waals surface area contributed by atoms with Gasteiger partial charge in [-0.25, -0.2) is 0 Å². The van der Waals surface area contributed by atoms with E-state index in [1.54, 1.807) is 20.2 Å². The largest absolute Gasteiger partial charge is 0.504 e. The second-order valence-corrected chi connectivity index (χ2v) is 19.0. The standard InChI is InChI=1S/C51H66N4O7/c1-52-34-50-32-36(37(33-50)28-46(58)61-40-16-5-4-6-17-40)13-12-26-60-47-41-29-39(30-44(47)62-50)49(21-7-8-22-49)23-10-18-45(57)51(31-35-19-20-42(56)43(27-35)59-3)24-9-14-38(51)15-11-25-54-48(53-2)55-41/h10,18-20,27,29-30,36-38,40,46,52,56,58H,4-9,13-17,21-24,28,31-34H2,1-3H3,(H2,53,54,55)/b18-10+/t36-,37-,38-,46+,50+,51-/m0/s1. The third-order valence-corrected chi connectivity index (χ3v) is 15.1. The second-order valence-electron chi connectivity index (χ2n) is 19.0. The maximum Gasteiger partial charge on any atom is 0.207 e. The number of phenols is 1. The molecule has 4 fully saturated rings. The number of guanidine groups is 1. The first-order valence-corrected chi connectivity index (χ1v) is 23.2. The molecule has 0 amide bonds. The molecule has 4 bridgehead atoms. The lowest BCUT2D eigenvalue weighted by atomic mass is 9.68. The van der Waals surface area contributed by atoms with Crippen molar-refractivity contribution in [2.24, 2.45) is 28.2 Å². The number of ketones is 1. The number of likely N-dealkylation sites (N-methyl/N-ethyl adjacent to an activating group) is 1. The highest BCUT2D eigenvalue weighted by Crippen LogP contribution is 2.53.